The van der Waals surface area contributed by atoms with E-state index in [0.29, 0.717) is 6.42 Å². The summed E-state index contributed by atoms with van der Waals surface area (Å²) in [5, 5.41) is 21.2. The lowest BCUT2D eigenvalue weighted by molar-refractivity contribution is 0.217. The molecule has 0 amide bonds. The van der Waals surface area contributed by atoms with E-state index in [1.165, 1.54) is 0 Å². The lowest BCUT2D eigenvalue weighted by Gasteiger charge is -2.25. The fraction of sp³-hybridized carbons (Fsp3) is 0.538. The van der Waals surface area contributed by atoms with Crippen LogP contribution in [-0.2, 0) is 16.4 Å². The molecule has 6 nitrogen and oxygen atoms in total. The summed E-state index contributed by atoms with van der Waals surface area (Å²) in [7, 11) is -3.69. The van der Waals surface area contributed by atoms with Crippen LogP contribution in [0.5, 0.6) is 0 Å². The number of hydrogen-bond donors (Lipinski definition) is 3. The van der Waals surface area contributed by atoms with Crippen molar-refractivity contribution in [2.24, 2.45) is 0 Å². The molecule has 2 rings (SSSR count). The first kappa shape index (κ1) is 15.2. The Hall–Kier alpha value is -1.15. The van der Waals surface area contributed by atoms with Crippen molar-refractivity contribution in [3.63, 3.8) is 0 Å². The molecule has 1 aromatic rings. The molecule has 20 heavy (non-hydrogen) atoms. The molecule has 0 atom stereocenters. The molecule has 0 unspecified atom stereocenters. The SMILES string of the molecule is O=S(=O)(c1cccc2c1CCCN2)N(CCO)CCO. The number of sulfonamides is 1. The minimum absolute atomic E-state index is 0.0139. The van der Waals surface area contributed by atoms with Gasteiger partial charge in [-0.3, -0.25) is 0 Å². The average Bonchev–Trinajstić information content (AvgIpc) is 2.46. The first-order chi connectivity index (χ1) is 9.61. The number of aliphatic hydroxyl groups excluding tert-OH is 2. The molecule has 1 heterocycles. The van der Waals surface area contributed by atoms with Gasteiger partial charge in [0.2, 0.25) is 10.0 Å². The monoisotopic (exact) mass is 300 g/mol. The van der Waals surface area contributed by atoms with E-state index >= 15 is 0 Å². The van der Waals surface area contributed by atoms with Gasteiger partial charge in [-0.15, -0.1) is 0 Å². The van der Waals surface area contributed by atoms with Gasteiger partial charge in [-0.1, -0.05) is 6.07 Å². The van der Waals surface area contributed by atoms with E-state index in [0.717, 1.165) is 28.5 Å². The van der Waals surface area contributed by atoms with E-state index in [1.807, 2.05) is 6.07 Å². The Bertz CT molecular complexity index is 553. The van der Waals surface area contributed by atoms with Crippen LogP contribution in [-0.4, -0.2) is 55.8 Å². The number of benzene rings is 1. The number of aliphatic hydroxyl groups is 2. The van der Waals surface area contributed by atoms with Crippen molar-refractivity contribution in [3.8, 4) is 0 Å². The van der Waals surface area contributed by atoms with Gasteiger partial charge in [0.05, 0.1) is 18.1 Å². The summed E-state index contributed by atoms with van der Waals surface area (Å²) in [4.78, 5) is 0.268. The van der Waals surface area contributed by atoms with Gasteiger partial charge in [-0.25, -0.2) is 8.42 Å². The minimum atomic E-state index is -3.69. The first-order valence-corrected chi connectivity index (χ1v) is 8.13. The van der Waals surface area contributed by atoms with E-state index in [4.69, 9.17) is 10.2 Å². The Balaban J connectivity index is 2.42. The van der Waals surface area contributed by atoms with Crippen LogP contribution in [0.15, 0.2) is 23.1 Å². The molecule has 112 valence electrons. The molecule has 0 aromatic heterocycles. The van der Waals surface area contributed by atoms with Gasteiger partial charge >= 0.3 is 0 Å². The zero-order valence-electron chi connectivity index (χ0n) is 11.2. The molecule has 0 aliphatic carbocycles. The zero-order chi connectivity index (χ0) is 14.6. The number of anilines is 1. The van der Waals surface area contributed by atoms with Gasteiger partial charge in [0.1, 0.15) is 0 Å². The van der Waals surface area contributed by atoms with Gasteiger partial charge in [0, 0.05) is 25.3 Å². The largest absolute Gasteiger partial charge is 0.395 e. The van der Waals surface area contributed by atoms with Crippen LogP contribution >= 0.6 is 0 Å². The highest BCUT2D eigenvalue weighted by Crippen LogP contribution is 2.30. The Morgan fingerprint density at radius 1 is 1.20 bits per heavy atom. The standard InChI is InChI=1S/C13H20N2O4S/c16-9-7-15(8-10-17)20(18,19)13-5-1-4-12-11(13)3-2-6-14-12/h1,4-5,14,16-17H,2-3,6-10H2. The predicted octanol–water partition coefficient (Wildman–Crippen LogP) is 0.0200. The summed E-state index contributed by atoms with van der Waals surface area (Å²) in [5.74, 6) is 0. The summed E-state index contributed by atoms with van der Waals surface area (Å²) in [6, 6.07) is 5.17. The maximum Gasteiger partial charge on any atom is 0.243 e. The number of fused-ring (bicyclic) bond motifs is 1. The van der Waals surface area contributed by atoms with Crippen LogP contribution in [0.1, 0.15) is 12.0 Å². The molecule has 0 fully saturated rings. The fourth-order valence-corrected chi connectivity index (χ4v) is 4.13. The van der Waals surface area contributed by atoms with Crippen molar-refractivity contribution in [3.05, 3.63) is 23.8 Å². The van der Waals surface area contributed by atoms with Crippen molar-refractivity contribution < 1.29 is 18.6 Å². The highest BCUT2D eigenvalue weighted by atomic mass is 32.2. The minimum Gasteiger partial charge on any atom is -0.395 e. The average molecular weight is 300 g/mol. The Morgan fingerprint density at radius 2 is 1.90 bits per heavy atom. The molecule has 1 aliphatic heterocycles. The van der Waals surface area contributed by atoms with Crippen LogP contribution in [0, 0.1) is 0 Å². The Kier molecular flexibility index (Phi) is 4.98. The third-order valence-corrected chi connectivity index (χ3v) is 5.35. The molecular weight excluding hydrogens is 280 g/mol. The summed E-state index contributed by atoms with van der Waals surface area (Å²) in [5.41, 5.74) is 1.64. The van der Waals surface area contributed by atoms with E-state index in [9.17, 15) is 8.42 Å². The first-order valence-electron chi connectivity index (χ1n) is 6.69. The lowest BCUT2D eigenvalue weighted by Crippen LogP contribution is -2.36. The fourth-order valence-electron chi connectivity index (χ4n) is 2.43. The van der Waals surface area contributed by atoms with Gasteiger partial charge in [0.15, 0.2) is 0 Å². The van der Waals surface area contributed by atoms with Crippen molar-refractivity contribution >= 4 is 15.7 Å². The summed E-state index contributed by atoms with van der Waals surface area (Å²) >= 11 is 0. The summed E-state index contributed by atoms with van der Waals surface area (Å²) in [6.07, 6.45) is 1.60. The second-order valence-corrected chi connectivity index (χ2v) is 6.57. The smallest absolute Gasteiger partial charge is 0.243 e. The molecule has 0 radical (unpaired) electrons. The molecule has 0 saturated heterocycles. The molecular formula is C13H20N2O4S. The van der Waals surface area contributed by atoms with Gasteiger partial charge < -0.3 is 15.5 Å². The number of nitrogens with one attached hydrogen (secondary N) is 1. The van der Waals surface area contributed by atoms with Gasteiger partial charge in [-0.2, -0.15) is 4.31 Å². The van der Waals surface area contributed by atoms with Crippen LogP contribution in [0.3, 0.4) is 0 Å². The Labute approximate surface area is 119 Å². The summed E-state index contributed by atoms with van der Waals surface area (Å²) in [6.45, 7) is 0.270. The van der Waals surface area contributed by atoms with E-state index < -0.39 is 10.0 Å². The van der Waals surface area contributed by atoms with E-state index in [-0.39, 0.29) is 31.2 Å². The molecule has 1 aliphatic rings. The highest BCUT2D eigenvalue weighted by Gasteiger charge is 2.28. The molecule has 3 N–H and O–H groups in total. The third-order valence-electron chi connectivity index (χ3n) is 3.37. The van der Waals surface area contributed by atoms with Crippen molar-refractivity contribution in [1.82, 2.24) is 4.31 Å². The quantitative estimate of drug-likeness (QED) is 0.689. The predicted molar refractivity (Wildman–Crippen MR) is 76.2 cm³/mol. The second kappa shape index (κ2) is 6.53. The van der Waals surface area contributed by atoms with Gasteiger partial charge in [0.25, 0.3) is 0 Å². The maximum absolute atomic E-state index is 12.7. The zero-order valence-corrected chi connectivity index (χ0v) is 12.1. The maximum atomic E-state index is 12.7. The lowest BCUT2D eigenvalue weighted by atomic mass is 10.0. The number of hydrogen-bond acceptors (Lipinski definition) is 5. The summed E-state index contributed by atoms with van der Waals surface area (Å²) < 4.78 is 26.4. The Morgan fingerprint density at radius 3 is 2.55 bits per heavy atom. The molecule has 0 spiro atoms. The molecule has 1 aromatic carbocycles. The van der Waals surface area contributed by atoms with Crippen molar-refractivity contribution in [1.29, 1.82) is 0 Å². The van der Waals surface area contributed by atoms with E-state index in [1.54, 1.807) is 12.1 Å². The molecule has 0 saturated carbocycles. The second-order valence-electron chi connectivity index (χ2n) is 4.66. The van der Waals surface area contributed by atoms with Crippen LogP contribution in [0.2, 0.25) is 0 Å². The van der Waals surface area contributed by atoms with E-state index in [2.05, 4.69) is 5.32 Å². The molecule has 7 heteroatoms. The van der Waals surface area contributed by atoms with Gasteiger partial charge in [-0.05, 0) is 30.5 Å². The number of rotatable bonds is 6. The topological polar surface area (TPSA) is 89.9 Å². The van der Waals surface area contributed by atoms with Crippen molar-refractivity contribution in [2.75, 3.05) is 38.2 Å². The van der Waals surface area contributed by atoms with Crippen LogP contribution in [0.25, 0.3) is 0 Å². The van der Waals surface area contributed by atoms with Crippen LogP contribution < -0.4 is 5.32 Å². The van der Waals surface area contributed by atoms with Crippen molar-refractivity contribution in [2.45, 2.75) is 17.7 Å². The van der Waals surface area contributed by atoms with Crippen LogP contribution in [0.4, 0.5) is 5.69 Å². The number of nitrogens with zero attached hydrogens (tertiary/aromatic N) is 1. The third kappa shape index (κ3) is 2.95. The highest BCUT2D eigenvalue weighted by molar-refractivity contribution is 7.89. The molecule has 0 bridgehead atoms. The normalized spacial score (nSPS) is 14.9.